The molecule has 3 rings (SSSR count). The molecule has 0 aliphatic carbocycles. The number of anilines is 2. The molecular weight excluding hydrogens is 410 g/mol. The van der Waals surface area contributed by atoms with Gasteiger partial charge in [-0.2, -0.15) is 0 Å². The summed E-state index contributed by atoms with van der Waals surface area (Å²) in [5.41, 5.74) is 0.0854. The van der Waals surface area contributed by atoms with Crippen LogP contribution in [0.25, 0.3) is 0 Å². The van der Waals surface area contributed by atoms with E-state index in [4.69, 9.17) is 16.3 Å². The molecule has 8 nitrogen and oxygen atoms in total. The Morgan fingerprint density at radius 2 is 2.03 bits per heavy atom. The summed E-state index contributed by atoms with van der Waals surface area (Å²) in [4.78, 5) is 37.7. The summed E-state index contributed by atoms with van der Waals surface area (Å²) < 4.78 is 5.85. The van der Waals surface area contributed by atoms with E-state index in [-0.39, 0.29) is 28.8 Å². The Labute approximate surface area is 178 Å². The minimum absolute atomic E-state index is 0.0462. The Morgan fingerprint density at radius 3 is 2.70 bits per heavy atom. The van der Waals surface area contributed by atoms with Crippen molar-refractivity contribution >= 4 is 40.5 Å². The topological polar surface area (TPSA) is 102 Å². The van der Waals surface area contributed by atoms with Crippen LogP contribution in [0.1, 0.15) is 37.6 Å². The van der Waals surface area contributed by atoms with Crippen molar-refractivity contribution in [2.75, 3.05) is 23.4 Å². The molecule has 30 heavy (non-hydrogen) atoms. The molecule has 1 N–H and O–H groups in total. The highest BCUT2D eigenvalue weighted by Gasteiger charge is 2.37. The van der Waals surface area contributed by atoms with Crippen molar-refractivity contribution in [3.63, 3.8) is 0 Å². The first-order chi connectivity index (χ1) is 14.1. The first kappa shape index (κ1) is 21.6. The van der Waals surface area contributed by atoms with Gasteiger partial charge in [0.15, 0.2) is 0 Å². The second-order valence-electron chi connectivity index (χ2n) is 7.69. The number of carbonyl (C=O) groups excluding carboxylic acids is 2. The maximum atomic E-state index is 13.0. The van der Waals surface area contributed by atoms with Gasteiger partial charge in [-0.25, -0.2) is 0 Å². The van der Waals surface area contributed by atoms with Gasteiger partial charge in [-0.05, 0) is 50.6 Å². The van der Waals surface area contributed by atoms with E-state index in [1.165, 1.54) is 12.1 Å². The standard InChI is InChI=1S/C21H22ClN3O5/c1-4-9-24-17-11-14(6-8-18(17)30-12-21(2,3)20(24)27)23-19(26)13-5-7-15(22)16(10-13)25(28)29/h5-8,10-11H,4,9,12H2,1-3H3,(H,23,26). The van der Waals surface area contributed by atoms with Crippen molar-refractivity contribution in [3.8, 4) is 5.75 Å². The van der Waals surface area contributed by atoms with Crippen molar-refractivity contribution in [1.82, 2.24) is 0 Å². The molecule has 0 atom stereocenters. The summed E-state index contributed by atoms with van der Waals surface area (Å²) in [6.07, 6.45) is 0.756. The molecule has 9 heteroatoms. The number of carbonyl (C=O) groups is 2. The fourth-order valence-electron chi connectivity index (χ4n) is 3.17. The Kier molecular flexibility index (Phi) is 5.98. The zero-order valence-electron chi connectivity index (χ0n) is 16.9. The van der Waals surface area contributed by atoms with E-state index in [1.807, 2.05) is 20.8 Å². The molecule has 2 aromatic carbocycles. The smallest absolute Gasteiger partial charge is 0.288 e. The third-order valence-corrected chi connectivity index (χ3v) is 5.09. The second kappa shape index (κ2) is 8.31. The average molecular weight is 432 g/mol. The lowest BCUT2D eigenvalue weighted by atomic mass is 9.93. The summed E-state index contributed by atoms with van der Waals surface area (Å²) in [6, 6.07) is 8.88. The third kappa shape index (κ3) is 4.23. The van der Waals surface area contributed by atoms with Crippen LogP contribution < -0.4 is 15.0 Å². The van der Waals surface area contributed by atoms with Gasteiger partial charge in [0.1, 0.15) is 17.4 Å². The Hall–Kier alpha value is -3.13. The van der Waals surface area contributed by atoms with Crippen LogP contribution in [0.5, 0.6) is 5.75 Å². The number of fused-ring (bicyclic) bond motifs is 1. The molecule has 0 aromatic heterocycles. The van der Waals surface area contributed by atoms with Gasteiger partial charge < -0.3 is 15.0 Å². The minimum atomic E-state index is -0.681. The van der Waals surface area contributed by atoms with Gasteiger partial charge >= 0.3 is 0 Å². The molecule has 0 saturated carbocycles. The minimum Gasteiger partial charge on any atom is -0.490 e. The number of ether oxygens (including phenoxy) is 1. The van der Waals surface area contributed by atoms with Crippen molar-refractivity contribution < 1.29 is 19.2 Å². The number of nitro benzene ring substituents is 1. The molecule has 1 aliphatic rings. The van der Waals surface area contributed by atoms with Gasteiger partial charge in [-0.15, -0.1) is 0 Å². The average Bonchev–Trinajstić information content (AvgIpc) is 2.78. The summed E-state index contributed by atoms with van der Waals surface area (Å²) in [6.45, 7) is 6.41. The number of hydrogen-bond donors (Lipinski definition) is 1. The lowest BCUT2D eigenvalue weighted by molar-refractivity contribution is -0.384. The molecule has 2 aromatic rings. The Balaban J connectivity index is 1.92. The van der Waals surface area contributed by atoms with Gasteiger partial charge in [0.25, 0.3) is 11.6 Å². The summed E-state index contributed by atoms with van der Waals surface area (Å²) in [7, 11) is 0. The SMILES string of the molecule is CCCN1C(=O)C(C)(C)COc2ccc(NC(=O)c3ccc(Cl)c([N+](=O)[O-])c3)cc21. The van der Waals surface area contributed by atoms with E-state index >= 15 is 0 Å². The molecule has 0 bridgehead atoms. The van der Waals surface area contributed by atoms with E-state index in [2.05, 4.69) is 5.32 Å². The summed E-state index contributed by atoms with van der Waals surface area (Å²) in [5, 5.41) is 13.7. The van der Waals surface area contributed by atoms with Crippen LogP contribution >= 0.6 is 11.6 Å². The maximum Gasteiger partial charge on any atom is 0.288 e. The predicted octanol–water partition coefficient (Wildman–Crippen LogP) is 4.66. The van der Waals surface area contributed by atoms with Crippen LogP contribution in [0.2, 0.25) is 5.02 Å². The number of halogens is 1. The number of hydrogen-bond acceptors (Lipinski definition) is 5. The van der Waals surface area contributed by atoms with Crippen LogP contribution in [0, 0.1) is 15.5 Å². The lowest BCUT2D eigenvalue weighted by Crippen LogP contribution is -2.42. The quantitative estimate of drug-likeness (QED) is 0.547. The lowest BCUT2D eigenvalue weighted by Gasteiger charge is -2.27. The van der Waals surface area contributed by atoms with Crippen LogP contribution in [0.4, 0.5) is 17.1 Å². The maximum absolute atomic E-state index is 13.0. The monoisotopic (exact) mass is 431 g/mol. The van der Waals surface area contributed by atoms with Gasteiger partial charge in [-0.1, -0.05) is 18.5 Å². The molecule has 0 fully saturated rings. The number of nitrogens with zero attached hydrogens (tertiary/aromatic N) is 2. The third-order valence-electron chi connectivity index (χ3n) is 4.77. The van der Waals surface area contributed by atoms with E-state index in [1.54, 1.807) is 23.1 Å². The van der Waals surface area contributed by atoms with Gasteiger partial charge in [0.2, 0.25) is 5.91 Å². The van der Waals surface area contributed by atoms with Crippen molar-refractivity contribution in [1.29, 1.82) is 0 Å². The Morgan fingerprint density at radius 1 is 1.30 bits per heavy atom. The number of nitro groups is 1. The Bertz CT molecular complexity index is 1020. The van der Waals surface area contributed by atoms with Crippen molar-refractivity contribution in [2.24, 2.45) is 5.41 Å². The van der Waals surface area contributed by atoms with Gasteiger partial charge in [0.05, 0.1) is 16.0 Å². The zero-order valence-corrected chi connectivity index (χ0v) is 17.7. The van der Waals surface area contributed by atoms with E-state index < -0.39 is 16.2 Å². The molecular formula is C21H22ClN3O5. The molecule has 1 aliphatic heterocycles. The molecule has 1 heterocycles. The van der Waals surface area contributed by atoms with E-state index in [9.17, 15) is 19.7 Å². The highest BCUT2D eigenvalue weighted by atomic mass is 35.5. The fourth-order valence-corrected chi connectivity index (χ4v) is 3.35. The summed E-state index contributed by atoms with van der Waals surface area (Å²) >= 11 is 5.81. The van der Waals surface area contributed by atoms with Crippen LogP contribution in [0.15, 0.2) is 36.4 Å². The normalized spacial score (nSPS) is 15.1. The molecule has 158 valence electrons. The van der Waals surface area contributed by atoms with Crippen molar-refractivity contribution in [3.05, 3.63) is 57.1 Å². The highest BCUT2D eigenvalue weighted by Crippen LogP contribution is 2.38. The summed E-state index contributed by atoms with van der Waals surface area (Å²) in [5.74, 6) is -0.0274. The molecule has 0 unspecified atom stereocenters. The molecule has 0 radical (unpaired) electrons. The largest absolute Gasteiger partial charge is 0.490 e. The van der Waals surface area contributed by atoms with Crippen LogP contribution in [-0.4, -0.2) is 29.9 Å². The zero-order chi connectivity index (χ0) is 22.1. The number of rotatable bonds is 5. The number of amides is 2. The number of nitrogens with one attached hydrogen (secondary N) is 1. The number of benzene rings is 2. The molecule has 2 amide bonds. The van der Waals surface area contributed by atoms with Crippen molar-refractivity contribution in [2.45, 2.75) is 27.2 Å². The predicted molar refractivity (Wildman–Crippen MR) is 114 cm³/mol. The first-order valence-electron chi connectivity index (χ1n) is 9.48. The van der Waals surface area contributed by atoms with Gasteiger partial charge in [0, 0.05) is 23.9 Å². The van der Waals surface area contributed by atoms with Crippen LogP contribution in [-0.2, 0) is 4.79 Å². The van der Waals surface area contributed by atoms with Crippen LogP contribution in [0.3, 0.4) is 0 Å². The molecule has 0 saturated heterocycles. The van der Waals surface area contributed by atoms with Gasteiger partial charge in [-0.3, -0.25) is 19.7 Å². The highest BCUT2D eigenvalue weighted by molar-refractivity contribution is 6.32. The fraction of sp³-hybridized carbons (Fsp3) is 0.333. The van der Waals surface area contributed by atoms with E-state index in [0.29, 0.717) is 23.7 Å². The first-order valence-corrected chi connectivity index (χ1v) is 9.86. The second-order valence-corrected chi connectivity index (χ2v) is 8.10. The molecule has 0 spiro atoms. The van der Waals surface area contributed by atoms with E-state index in [0.717, 1.165) is 12.5 Å².